The highest BCUT2D eigenvalue weighted by atomic mass is 32.2. The van der Waals surface area contributed by atoms with Gasteiger partial charge in [-0.2, -0.15) is 0 Å². The van der Waals surface area contributed by atoms with E-state index in [1.165, 1.54) is 28.7 Å². The van der Waals surface area contributed by atoms with E-state index in [0.717, 1.165) is 11.3 Å². The number of amides is 2. The first-order valence-corrected chi connectivity index (χ1v) is 12.5. The number of thiazole rings is 1. The summed E-state index contributed by atoms with van der Waals surface area (Å²) in [6.45, 7) is 8.52. The molecule has 0 aliphatic heterocycles. The summed E-state index contributed by atoms with van der Waals surface area (Å²) >= 11 is 2.72. The van der Waals surface area contributed by atoms with Crippen LogP contribution in [0.2, 0.25) is 0 Å². The van der Waals surface area contributed by atoms with Gasteiger partial charge >= 0.3 is 0 Å². The lowest BCUT2D eigenvalue weighted by molar-refractivity contribution is -0.127. The maximum absolute atomic E-state index is 12.5. The second-order valence-corrected chi connectivity index (χ2v) is 9.41. The number of ether oxygens (including phenoxy) is 1. The van der Waals surface area contributed by atoms with Crippen LogP contribution in [0.1, 0.15) is 37.0 Å². The van der Waals surface area contributed by atoms with Crippen molar-refractivity contribution in [3.8, 4) is 5.75 Å². The molecule has 0 bridgehead atoms. The number of aryl methyl sites for hydroxylation is 2. The summed E-state index contributed by atoms with van der Waals surface area (Å²) in [7, 11) is 0. The summed E-state index contributed by atoms with van der Waals surface area (Å²) in [6.07, 6.45) is 2.02. The zero-order valence-corrected chi connectivity index (χ0v) is 20.8. The molecule has 9 nitrogen and oxygen atoms in total. The second-order valence-electron chi connectivity index (χ2n) is 7.23. The lowest BCUT2D eigenvalue weighted by Crippen LogP contribution is -2.36. The zero-order valence-electron chi connectivity index (χ0n) is 19.1. The van der Waals surface area contributed by atoms with Crippen molar-refractivity contribution in [3.63, 3.8) is 0 Å². The normalized spacial score (nSPS) is 11.8. The van der Waals surface area contributed by atoms with E-state index in [1.54, 1.807) is 13.1 Å². The average molecular weight is 489 g/mol. The molecule has 0 saturated heterocycles. The van der Waals surface area contributed by atoms with Crippen LogP contribution >= 0.6 is 23.1 Å². The fourth-order valence-electron chi connectivity index (χ4n) is 2.94. The maximum Gasteiger partial charge on any atom is 0.261 e. The van der Waals surface area contributed by atoms with Gasteiger partial charge in [-0.3, -0.25) is 9.59 Å². The standard InChI is InChI=1S/C22H28N6O3S2/c1-5-16-7-9-17(10-8-16)31-15(4)20(30)23-12-18-26-27-22(28(18)6-2)32-13-19(29)25-21-24-11-14(3)33-21/h7-11,15H,5-6,12-13H2,1-4H3,(H,23,30)(H,24,25,29)/t15-/m0/s1. The fourth-order valence-corrected chi connectivity index (χ4v) is 4.45. The van der Waals surface area contributed by atoms with Crippen molar-refractivity contribution in [2.24, 2.45) is 0 Å². The van der Waals surface area contributed by atoms with Gasteiger partial charge in [0.1, 0.15) is 5.75 Å². The molecule has 0 radical (unpaired) electrons. The van der Waals surface area contributed by atoms with E-state index in [4.69, 9.17) is 4.74 Å². The summed E-state index contributed by atoms with van der Waals surface area (Å²) < 4.78 is 7.61. The van der Waals surface area contributed by atoms with E-state index in [1.807, 2.05) is 42.7 Å². The number of rotatable bonds is 11. The monoisotopic (exact) mass is 488 g/mol. The Morgan fingerprint density at radius 3 is 2.61 bits per heavy atom. The van der Waals surface area contributed by atoms with Crippen molar-refractivity contribution < 1.29 is 14.3 Å². The van der Waals surface area contributed by atoms with Crippen LogP contribution in [-0.2, 0) is 29.1 Å². The lowest BCUT2D eigenvalue weighted by atomic mass is 10.2. The summed E-state index contributed by atoms with van der Waals surface area (Å²) in [5, 5.41) is 15.2. The number of carbonyl (C=O) groups excluding carboxylic acids is 2. The molecule has 0 aliphatic rings. The molecule has 176 valence electrons. The molecule has 0 unspecified atom stereocenters. The molecule has 3 rings (SSSR count). The number of hydrogen-bond donors (Lipinski definition) is 2. The Morgan fingerprint density at radius 1 is 1.21 bits per heavy atom. The summed E-state index contributed by atoms with van der Waals surface area (Å²) in [5.74, 6) is 1.05. The van der Waals surface area contributed by atoms with E-state index < -0.39 is 6.10 Å². The largest absolute Gasteiger partial charge is 0.481 e. The Kier molecular flexibility index (Phi) is 8.84. The van der Waals surface area contributed by atoms with Crippen molar-refractivity contribution in [2.45, 2.75) is 58.5 Å². The number of hydrogen-bond acceptors (Lipinski definition) is 8. The Labute approximate surface area is 201 Å². The topological polar surface area (TPSA) is 111 Å². The molecule has 0 spiro atoms. The molecule has 0 saturated carbocycles. The van der Waals surface area contributed by atoms with Crippen LogP contribution in [0.4, 0.5) is 5.13 Å². The number of benzene rings is 1. The van der Waals surface area contributed by atoms with Crippen molar-refractivity contribution >= 4 is 40.0 Å². The molecule has 1 atom stereocenters. The highest BCUT2D eigenvalue weighted by molar-refractivity contribution is 7.99. The van der Waals surface area contributed by atoms with Crippen molar-refractivity contribution in [2.75, 3.05) is 11.1 Å². The average Bonchev–Trinajstić information content (AvgIpc) is 3.41. The van der Waals surface area contributed by atoms with Gasteiger partial charge < -0.3 is 19.9 Å². The first kappa shape index (κ1) is 24.7. The lowest BCUT2D eigenvalue weighted by Gasteiger charge is -2.15. The van der Waals surface area contributed by atoms with Crippen LogP contribution in [0.5, 0.6) is 5.75 Å². The van der Waals surface area contributed by atoms with Crippen LogP contribution in [0.25, 0.3) is 0 Å². The number of nitrogens with one attached hydrogen (secondary N) is 2. The number of anilines is 1. The number of nitrogens with zero attached hydrogens (tertiary/aromatic N) is 4. The Bertz CT molecular complexity index is 1080. The number of aromatic nitrogens is 4. The molecule has 33 heavy (non-hydrogen) atoms. The van der Waals surface area contributed by atoms with Gasteiger partial charge in [-0.25, -0.2) is 4.98 Å². The molecule has 2 amide bonds. The third-order valence-electron chi connectivity index (χ3n) is 4.74. The molecule has 0 fully saturated rings. The summed E-state index contributed by atoms with van der Waals surface area (Å²) in [6, 6.07) is 7.71. The minimum Gasteiger partial charge on any atom is -0.481 e. The fraction of sp³-hybridized carbons (Fsp3) is 0.409. The van der Waals surface area contributed by atoms with Crippen LogP contribution < -0.4 is 15.4 Å². The van der Waals surface area contributed by atoms with Crippen LogP contribution in [0.3, 0.4) is 0 Å². The summed E-state index contributed by atoms with van der Waals surface area (Å²) in [4.78, 5) is 29.8. The minimum atomic E-state index is -0.650. The SMILES string of the molecule is CCc1ccc(O[C@@H](C)C(=O)NCc2nnc(SCC(=O)Nc3ncc(C)s3)n2CC)cc1. The number of carbonyl (C=O) groups is 2. The van der Waals surface area contributed by atoms with Crippen molar-refractivity contribution in [3.05, 3.63) is 46.7 Å². The third-order valence-corrected chi connectivity index (χ3v) is 6.54. The van der Waals surface area contributed by atoms with Gasteiger partial charge in [0.05, 0.1) is 12.3 Å². The van der Waals surface area contributed by atoms with Gasteiger partial charge in [0.15, 0.2) is 22.2 Å². The number of thioether (sulfide) groups is 1. The van der Waals surface area contributed by atoms with Gasteiger partial charge in [0.25, 0.3) is 5.91 Å². The first-order chi connectivity index (χ1) is 15.9. The van der Waals surface area contributed by atoms with E-state index in [9.17, 15) is 9.59 Å². The van der Waals surface area contributed by atoms with Crippen molar-refractivity contribution in [1.82, 2.24) is 25.1 Å². The highest BCUT2D eigenvalue weighted by Gasteiger charge is 2.18. The molecule has 2 aromatic heterocycles. The van der Waals surface area contributed by atoms with Crippen LogP contribution in [-0.4, -0.2) is 43.4 Å². The maximum atomic E-state index is 12.5. The molecule has 3 aromatic rings. The Hall–Kier alpha value is -2.92. The van der Waals surface area contributed by atoms with Gasteiger partial charge in [0, 0.05) is 17.6 Å². The van der Waals surface area contributed by atoms with Crippen molar-refractivity contribution in [1.29, 1.82) is 0 Å². The molecule has 11 heteroatoms. The van der Waals surface area contributed by atoms with Crippen LogP contribution in [0, 0.1) is 6.92 Å². The van der Waals surface area contributed by atoms with Gasteiger partial charge in [-0.15, -0.1) is 21.5 Å². The molecule has 1 aromatic carbocycles. The quantitative estimate of drug-likeness (QED) is 0.398. The highest BCUT2D eigenvalue weighted by Crippen LogP contribution is 2.20. The van der Waals surface area contributed by atoms with Crippen LogP contribution in [0.15, 0.2) is 35.6 Å². The molecule has 2 N–H and O–H groups in total. The Balaban J connectivity index is 1.50. The second kappa shape index (κ2) is 11.8. The first-order valence-electron chi connectivity index (χ1n) is 10.7. The van der Waals surface area contributed by atoms with E-state index in [-0.39, 0.29) is 24.1 Å². The summed E-state index contributed by atoms with van der Waals surface area (Å²) in [5.41, 5.74) is 1.21. The molecule has 0 aliphatic carbocycles. The Morgan fingerprint density at radius 2 is 1.97 bits per heavy atom. The van der Waals surface area contributed by atoms with Gasteiger partial charge in [-0.05, 0) is 44.9 Å². The predicted octanol–water partition coefficient (Wildman–Crippen LogP) is 3.44. The minimum absolute atomic E-state index is 0.159. The van der Waals surface area contributed by atoms with Gasteiger partial charge in [0.2, 0.25) is 5.91 Å². The smallest absolute Gasteiger partial charge is 0.261 e. The third kappa shape index (κ3) is 7.03. The van der Waals surface area contributed by atoms with Gasteiger partial charge in [-0.1, -0.05) is 30.8 Å². The zero-order chi connectivity index (χ0) is 23.8. The van der Waals surface area contributed by atoms with E-state index in [0.29, 0.717) is 28.4 Å². The van der Waals surface area contributed by atoms with E-state index in [2.05, 4.69) is 32.7 Å². The predicted molar refractivity (Wildman–Crippen MR) is 130 cm³/mol. The molecule has 2 heterocycles. The molecular formula is C22H28N6O3S2. The van der Waals surface area contributed by atoms with E-state index >= 15 is 0 Å². The molecular weight excluding hydrogens is 460 g/mol.